The van der Waals surface area contributed by atoms with Gasteiger partial charge in [-0.25, -0.2) is 9.50 Å². The van der Waals surface area contributed by atoms with Gasteiger partial charge >= 0.3 is 0 Å². The van der Waals surface area contributed by atoms with Crippen molar-refractivity contribution in [2.24, 2.45) is 0 Å². The lowest BCUT2D eigenvalue weighted by Crippen LogP contribution is -2.33. The quantitative estimate of drug-likeness (QED) is 0.476. The molecule has 0 saturated carbocycles. The number of aromatic nitrogens is 3. The largest absolute Gasteiger partial charge is 0.307 e. The third kappa shape index (κ3) is 3.49. The number of nitrogens with zero attached hydrogens (tertiary/aromatic N) is 4. The van der Waals surface area contributed by atoms with Gasteiger partial charge in [-0.15, -0.1) is 0 Å². The number of hydrogen-bond acceptors (Lipinski definition) is 3. The molecular weight excluding hydrogens is 372 g/mol. The number of halogens is 1. The molecule has 28 heavy (non-hydrogen) atoms. The summed E-state index contributed by atoms with van der Waals surface area (Å²) in [5, 5.41) is 4.97. The minimum atomic E-state index is -0.112. The van der Waals surface area contributed by atoms with E-state index in [9.17, 15) is 4.79 Å². The molecule has 0 aliphatic rings. The Hall–Kier alpha value is -3.18. The zero-order valence-corrected chi connectivity index (χ0v) is 16.2. The van der Waals surface area contributed by atoms with Crippen molar-refractivity contribution < 1.29 is 4.79 Å². The summed E-state index contributed by atoms with van der Waals surface area (Å²) in [5.41, 5.74) is 3.55. The second kappa shape index (κ2) is 7.82. The fourth-order valence-corrected chi connectivity index (χ4v) is 3.28. The fraction of sp³-hybridized carbons (Fsp3) is 0.136. The average molecular weight is 391 g/mol. The Balaban J connectivity index is 1.83. The summed E-state index contributed by atoms with van der Waals surface area (Å²) in [7, 11) is 0. The first-order chi connectivity index (χ1) is 13.7. The van der Waals surface area contributed by atoms with Gasteiger partial charge in [-0.05, 0) is 36.8 Å². The lowest BCUT2D eigenvalue weighted by molar-refractivity contribution is 0.0979. The third-order valence-corrected chi connectivity index (χ3v) is 4.73. The number of rotatable bonds is 5. The van der Waals surface area contributed by atoms with Crippen LogP contribution in [0.25, 0.3) is 16.9 Å². The van der Waals surface area contributed by atoms with Crippen LogP contribution in [-0.4, -0.2) is 27.0 Å². The second-order valence-corrected chi connectivity index (χ2v) is 6.86. The monoisotopic (exact) mass is 390 g/mol. The van der Waals surface area contributed by atoms with Crippen LogP contribution in [0.3, 0.4) is 0 Å². The Morgan fingerprint density at radius 2 is 1.82 bits per heavy atom. The SMILES string of the molecule is CCCN(C(=O)c1cc(-c2ccc(Cl)cc2)nc2ccnn12)c1ccccc1. The van der Waals surface area contributed by atoms with E-state index in [1.807, 2.05) is 54.6 Å². The molecule has 6 heteroatoms. The molecule has 0 aliphatic carbocycles. The number of carbonyl (C=O) groups excluding carboxylic acids is 1. The summed E-state index contributed by atoms with van der Waals surface area (Å²) in [5.74, 6) is -0.112. The fourth-order valence-electron chi connectivity index (χ4n) is 3.15. The average Bonchev–Trinajstić information content (AvgIpc) is 3.21. The number of para-hydroxylation sites is 1. The predicted octanol–water partition coefficient (Wildman–Crippen LogP) is 5.11. The first-order valence-electron chi connectivity index (χ1n) is 9.15. The number of anilines is 1. The molecule has 0 fully saturated rings. The van der Waals surface area contributed by atoms with Gasteiger partial charge in [-0.2, -0.15) is 5.10 Å². The Labute approximate surface area is 168 Å². The molecule has 1 amide bonds. The standard InChI is InChI=1S/C22H19ClN4O/c1-2-14-26(18-6-4-3-5-7-18)22(28)20-15-19(16-8-10-17(23)11-9-16)25-21-12-13-24-27(20)21/h3-13,15H,2,14H2,1H3. The van der Waals surface area contributed by atoms with Crippen molar-refractivity contribution in [3.05, 3.63) is 83.6 Å². The molecule has 0 N–H and O–H groups in total. The third-order valence-electron chi connectivity index (χ3n) is 4.48. The highest BCUT2D eigenvalue weighted by Crippen LogP contribution is 2.24. The molecule has 2 aromatic carbocycles. The zero-order valence-electron chi connectivity index (χ0n) is 15.4. The number of carbonyl (C=O) groups is 1. The van der Waals surface area contributed by atoms with Gasteiger partial charge < -0.3 is 4.90 Å². The molecule has 4 aromatic rings. The number of benzene rings is 2. The lowest BCUT2D eigenvalue weighted by Gasteiger charge is -2.22. The number of hydrogen-bond donors (Lipinski definition) is 0. The highest BCUT2D eigenvalue weighted by atomic mass is 35.5. The van der Waals surface area contributed by atoms with E-state index in [4.69, 9.17) is 11.6 Å². The minimum absolute atomic E-state index is 0.112. The van der Waals surface area contributed by atoms with Crippen molar-refractivity contribution >= 4 is 28.8 Å². The highest BCUT2D eigenvalue weighted by molar-refractivity contribution is 6.30. The van der Waals surface area contributed by atoms with Gasteiger partial charge in [0.25, 0.3) is 5.91 Å². The van der Waals surface area contributed by atoms with Gasteiger partial charge in [0.05, 0.1) is 11.9 Å². The van der Waals surface area contributed by atoms with Crippen molar-refractivity contribution in [2.75, 3.05) is 11.4 Å². The van der Waals surface area contributed by atoms with Crippen LogP contribution in [0.4, 0.5) is 5.69 Å². The summed E-state index contributed by atoms with van der Waals surface area (Å²) in [6.45, 7) is 2.67. The van der Waals surface area contributed by atoms with Crippen LogP contribution in [0.2, 0.25) is 5.02 Å². The summed E-state index contributed by atoms with van der Waals surface area (Å²) in [6, 6.07) is 20.7. The van der Waals surface area contributed by atoms with Crippen LogP contribution in [0.1, 0.15) is 23.8 Å². The first kappa shape index (κ1) is 18.2. The van der Waals surface area contributed by atoms with Gasteiger partial charge in [-0.1, -0.05) is 48.9 Å². The van der Waals surface area contributed by atoms with E-state index in [0.717, 1.165) is 17.7 Å². The molecular formula is C22H19ClN4O. The predicted molar refractivity (Wildman–Crippen MR) is 112 cm³/mol. The maximum absolute atomic E-state index is 13.5. The molecule has 2 aromatic heterocycles. The van der Waals surface area contributed by atoms with Crippen LogP contribution in [0.15, 0.2) is 72.9 Å². The van der Waals surface area contributed by atoms with E-state index in [1.165, 1.54) is 0 Å². The molecule has 0 unspecified atom stereocenters. The molecule has 0 spiro atoms. The normalized spacial score (nSPS) is 10.9. The van der Waals surface area contributed by atoms with E-state index < -0.39 is 0 Å². The van der Waals surface area contributed by atoms with E-state index in [1.54, 1.807) is 27.7 Å². The molecule has 0 bridgehead atoms. The molecule has 4 rings (SSSR count). The van der Waals surface area contributed by atoms with Crippen molar-refractivity contribution in [1.82, 2.24) is 14.6 Å². The number of amides is 1. The molecule has 140 valence electrons. The van der Waals surface area contributed by atoms with Gasteiger partial charge in [0.2, 0.25) is 0 Å². The van der Waals surface area contributed by atoms with Crippen molar-refractivity contribution in [1.29, 1.82) is 0 Å². The van der Waals surface area contributed by atoms with Gasteiger partial charge in [-0.3, -0.25) is 4.79 Å². The van der Waals surface area contributed by atoms with Crippen LogP contribution in [-0.2, 0) is 0 Å². The van der Waals surface area contributed by atoms with E-state index >= 15 is 0 Å². The minimum Gasteiger partial charge on any atom is -0.307 e. The Morgan fingerprint density at radius 1 is 1.07 bits per heavy atom. The Kier molecular flexibility index (Phi) is 5.08. The van der Waals surface area contributed by atoms with Crippen molar-refractivity contribution in [3.8, 4) is 11.3 Å². The maximum Gasteiger partial charge on any atom is 0.277 e. The van der Waals surface area contributed by atoms with E-state index in [-0.39, 0.29) is 5.91 Å². The summed E-state index contributed by atoms with van der Waals surface area (Å²) < 4.78 is 1.59. The van der Waals surface area contributed by atoms with E-state index in [0.29, 0.717) is 28.6 Å². The first-order valence-corrected chi connectivity index (χ1v) is 9.53. The van der Waals surface area contributed by atoms with Crippen LogP contribution in [0.5, 0.6) is 0 Å². The molecule has 0 radical (unpaired) electrons. The van der Waals surface area contributed by atoms with Crippen LogP contribution in [0, 0.1) is 0 Å². The number of fused-ring (bicyclic) bond motifs is 1. The molecule has 0 aliphatic heterocycles. The van der Waals surface area contributed by atoms with Gasteiger partial charge in [0.15, 0.2) is 5.65 Å². The highest BCUT2D eigenvalue weighted by Gasteiger charge is 2.21. The topological polar surface area (TPSA) is 50.5 Å². The Bertz CT molecular complexity index is 1110. The molecule has 2 heterocycles. The van der Waals surface area contributed by atoms with Crippen LogP contribution >= 0.6 is 11.6 Å². The summed E-state index contributed by atoms with van der Waals surface area (Å²) in [4.78, 5) is 19.9. The van der Waals surface area contributed by atoms with Gasteiger partial charge in [0, 0.05) is 28.9 Å². The van der Waals surface area contributed by atoms with Crippen molar-refractivity contribution in [3.63, 3.8) is 0 Å². The molecule has 0 saturated heterocycles. The zero-order chi connectivity index (χ0) is 19.5. The lowest BCUT2D eigenvalue weighted by atomic mass is 10.1. The van der Waals surface area contributed by atoms with Crippen molar-refractivity contribution in [2.45, 2.75) is 13.3 Å². The van der Waals surface area contributed by atoms with E-state index in [2.05, 4.69) is 17.0 Å². The van der Waals surface area contributed by atoms with Gasteiger partial charge in [0.1, 0.15) is 5.69 Å². The molecule has 0 atom stereocenters. The second-order valence-electron chi connectivity index (χ2n) is 6.43. The smallest absolute Gasteiger partial charge is 0.277 e. The Morgan fingerprint density at radius 3 is 2.54 bits per heavy atom. The summed E-state index contributed by atoms with van der Waals surface area (Å²) >= 11 is 6.01. The van der Waals surface area contributed by atoms with Crippen LogP contribution < -0.4 is 4.90 Å². The summed E-state index contributed by atoms with van der Waals surface area (Å²) in [6.07, 6.45) is 2.50. The molecule has 5 nitrogen and oxygen atoms in total. The maximum atomic E-state index is 13.5.